The van der Waals surface area contributed by atoms with Crippen LogP contribution in [0.15, 0.2) is 18.2 Å². The molecule has 0 aromatic heterocycles. The number of carbonyl (C=O) groups is 2. The van der Waals surface area contributed by atoms with Crippen LogP contribution in [0.4, 0.5) is 8.78 Å². The van der Waals surface area contributed by atoms with Crippen molar-refractivity contribution >= 4 is 11.8 Å². The Kier molecular flexibility index (Phi) is 6.10. The highest BCUT2D eigenvalue weighted by Crippen LogP contribution is 2.34. The van der Waals surface area contributed by atoms with Crippen molar-refractivity contribution in [2.75, 3.05) is 39.8 Å². The maximum absolute atomic E-state index is 13.0. The minimum absolute atomic E-state index is 0.0173. The third-order valence-corrected chi connectivity index (χ3v) is 4.89. The molecule has 148 valence electrons. The minimum Gasteiger partial charge on any atom is -0.493 e. The fourth-order valence-corrected chi connectivity index (χ4v) is 3.63. The minimum atomic E-state index is -3.07. The number of nitrogens with zero attached hydrogens (tertiary/aromatic N) is 2. The number of likely N-dealkylation sites (tertiary alicyclic amines) is 1. The van der Waals surface area contributed by atoms with E-state index in [0.29, 0.717) is 26.2 Å². The van der Waals surface area contributed by atoms with Crippen molar-refractivity contribution in [2.45, 2.75) is 25.5 Å². The molecule has 2 fully saturated rings. The maximum Gasteiger partial charge on any atom is 0.387 e. The molecule has 3 rings (SSSR count). The topological polar surface area (TPSA) is 71.1 Å². The van der Waals surface area contributed by atoms with E-state index < -0.39 is 12.5 Å². The number of nitrogens with one attached hydrogen (secondary N) is 1. The van der Waals surface area contributed by atoms with Crippen molar-refractivity contribution in [3.8, 4) is 11.5 Å². The van der Waals surface area contributed by atoms with Crippen LogP contribution >= 0.6 is 0 Å². The first-order chi connectivity index (χ1) is 13.0. The molecule has 2 saturated heterocycles. The smallest absolute Gasteiger partial charge is 0.387 e. The Balaban J connectivity index is 1.80. The van der Waals surface area contributed by atoms with Crippen molar-refractivity contribution < 1.29 is 27.8 Å². The number of amides is 2. The number of methoxy groups -OCH3 is 1. The zero-order valence-corrected chi connectivity index (χ0v) is 15.1. The van der Waals surface area contributed by atoms with Gasteiger partial charge in [-0.3, -0.25) is 9.59 Å². The van der Waals surface area contributed by atoms with Crippen molar-refractivity contribution in [1.29, 1.82) is 0 Å². The number of carbonyl (C=O) groups excluding carboxylic acids is 2. The van der Waals surface area contributed by atoms with E-state index in [0.717, 1.165) is 19.4 Å². The molecule has 0 spiro atoms. The van der Waals surface area contributed by atoms with Crippen molar-refractivity contribution in [1.82, 2.24) is 15.1 Å². The predicted molar refractivity (Wildman–Crippen MR) is 93.1 cm³/mol. The lowest BCUT2D eigenvalue weighted by molar-refractivity contribution is -0.135. The van der Waals surface area contributed by atoms with Crippen molar-refractivity contribution in [3.05, 3.63) is 23.8 Å². The van der Waals surface area contributed by atoms with Gasteiger partial charge in [0.2, 0.25) is 5.91 Å². The predicted octanol–water partition coefficient (Wildman–Crippen LogP) is 1.33. The summed E-state index contributed by atoms with van der Waals surface area (Å²) in [5.74, 6) is -0.576. The molecule has 1 atom stereocenters. The Hall–Kier alpha value is -2.42. The van der Waals surface area contributed by atoms with Gasteiger partial charge in [0.05, 0.1) is 19.2 Å². The van der Waals surface area contributed by atoms with Gasteiger partial charge >= 0.3 is 6.61 Å². The highest BCUT2D eigenvalue weighted by Gasteiger charge is 2.33. The summed E-state index contributed by atoms with van der Waals surface area (Å²) in [5.41, 5.74) is 0.0296. The number of hydrogen-bond acceptors (Lipinski definition) is 5. The number of para-hydroxylation sites is 1. The number of halogens is 2. The molecule has 7 nitrogen and oxygen atoms in total. The normalized spacial score (nSPS) is 20.7. The van der Waals surface area contributed by atoms with Crippen LogP contribution in [-0.2, 0) is 4.79 Å². The van der Waals surface area contributed by atoms with E-state index in [1.54, 1.807) is 15.9 Å². The lowest BCUT2D eigenvalue weighted by Crippen LogP contribution is -2.57. The van der Waals surface area contributed by atoms with Crippen LogP contribution in [0.1, 0.15) is 23.2 Å². The molecule has 2 aliphatic heterocycles. The molecule has 0 aliphatic carbocycles. The summed E-state index contributed by atoms with van der Waals surface area (Å²) in [6.07, 6.45) is 1.55. The Labute approximate surface area is 156 Å². The molecular formula is C18H23F2N3O4. The van der Waals surface area contributed by atoms with Crippen LogP contribution in [0.3, 0.4) is 0 Å². The monoisotopic (exact) mass is 383 g/mol. The molecule has 0 radical (unpaired) electrons. The number of rotatable bonds is 5. The molecule has 9 heteroatoms. The van der Waals surface area contributed by atoms with E-state index in [1.165, 1.54) is 19.2 Å². The summed E-state index contributed by atoms with van der Waals surface area (Å²) in [5, 5.41) is 3.03. The molecule has 27 heavy (non-hydrogen) atoms. The first-order valence-electron chi connectivity index (χ1n) is 8.92. The standard InChI is InChI=1S/C18H23F2N3O4/c1-26-14-6-2-5-13(16(14)27-18(19)20)17(25)22-8-3-4-12(11-22)23-9-7-21-10-15(23)24/h2,5-6,12,18,21H,3-4,7-11H2,1H3. The fourth-order valence-electron chi connectivity index (χ4n) is 3.63. The summed E-state index contributed by atoms with van der Waals surface area (Å²) in [7, 11) is 1.33. The van der Waals surface area contributed by atoms with E-state index in [9.17, 15) is 18.4 Å². The van der Waals surface area contributed by atoms with Gasteiger partial charge in [-0.2, -0.15) is 8.78 Å². The van der Waals surface area contributed by atoms with Crippen LogP contribution in [0.2, 0.25) is 0 Å². The molecule has 2 amide bonds. The first-order valence-corrected chi connectivity index (χ1v) is 8.92. The first kappa shape index (κ1) is 19.3. The zero-order valence-electron chi connectivity index (χ0n) is 15.1. The Morgan fingerprint density at radius 2 is 2.15 bits per heavy atom. The number of piperidine rings is 1. The Morgan fingerprint density at radius 3 is 2.85 bits per heavy atom. The van der Waals surface area contributed by atoms with Crippen molar-refractivity contribution in [3.63, 3.8) is 0 Å². The van der Waals surface area contributed by atoms with Crippen LogP contribution in [0.25, 0.3) is 0 Å². The van der Waals surface area contributed by atoms with Gasteiger partial charge in [0.25, 0.3) is 5.91 Å². The summed E-state index contributed by atoms with van der Waals surface area (Å²) in [6.45, 7) is -0.577. The zero-order chi connectivity index (χ0) is 19.4. The van der Waals surface area contributed by atoms with Gasteiger partial charge in [-0.05, 0) is 25.0 Å². The van der Waals surface area contributed by atoms with Gasteiger partial charge in [0, 0.05) is 32.2 Å². The summed E-state index contributed by atoms with van der Waals surface area (Å²) in [4.78, 5) is 28.5. The van der Waals surface area contributed by atoms with Gasteiger partial charge in [0.1, 0.15) is 0 Å². The van der Waals surface area contributed by atoms with Crippen LogP contribution < -0.4 is 14.8 Å². The quantitative estimate of drug-likeness (QED) is 0.831. The van der Waals surface area contributed by atoms with Crippen LogP contribution in [0, 0.1) is 0 Å². The molecule has 1 aromatic rings. The Morgan fingerprint density at radius 1 is 1.33 bits per heavy atom. The number of alkyl halides is 2. The lowest BCUT2D eigenvalue weighted by Gasteiger charge is -2.41. The second kappa shape index (κ2) is 8.51. The molecule has 0 saturated carbocycles. The second-order valence-corrected chi connectivity index (χ2v) is 6.53. The van der Waals surface area contributed by atoms with E-state index >= 15 is 0 Å². The van der Waals surface area contributed by atoms with Crippen LogP contribution in [0.5, 0.6) is 11.5 Å². The number of hydrogen-bond donors (Lipinski definition) is 1. The lowest BCUT2D eigenvalue weighted by atomic mass is 10.0. The molecular weight excluding hydrogens is 360 g/mol. The molecule has 1 aromatic carbocycles. The van der Waals surface area contributed by atoms with E-state index in [2.05, 4.69) is 10.1 Å². The highest BCUT2D eigenvalue weighted by molar-refractivity contribution is 5.98. The summed E-state index contributed by atoms with van der Waals surface area (Å²) < 4.78 is 35.3. The van der Waals surface area contributed by atoms with Crippen LogP contribution in [-0.4, -0.2) is 74.1 Å². The van der Waals surface area contributed by atoms with Gasteiger partial charge in [0.15, 0.2) is 11.5 Å². The van der Waals surface area contributed by atoms with Crippen molar-refractivity contribution in [2.24, 2.45) is 0 Å². The van der Waals surface area contributed by atoms with Gasteiger partial charge < -0.3 is 24.6 Å². The third kappa shape index (κ3) is 4.29. The van der Waals surface area contributed by atoms with E-state index in [-0.39, 0.29) is 29.0 Å². The number of benzene rings is 1. The summed E-state index contributed by atoms with van der Waals surface area (Å²) >= 11 is 0. The maximum atomic E-state index is 13.0. The number of ether oxygens (including phenoxy) is 2. The van der Waals surface area contributed by atoms with Gasteiger partial charge in [-0.1, -0.05) is 6.07 Å². The Bertz CT molecular complexity index is 701. The second-order valence-electron chi connectivity index (χ2n) is 6.53. The van der Waals surface area contributed by atoms with E-state index in [4.69, 9.17) is 4.74 Å². The SMILES string of the molecule is COc1cccc(C(=O)N2CCCC(N3CCNCC3=O)C2)c1OC(F)F. The third-order valence-electron chi connectivity index (χ3n) is 4.89. The van der Waals surface area contributed by atoms with E-state index in [1.807, 2.05) is 0 Å². The average molecular weight is 383 g/mol. The average Bonchev–Trinajstić information content (AvgIpc) is 2.67. The number of piperazine rings is 1. The van der Waals surface area contributed by atoms with Gasteiger partial charge in [-0.25, -0.2) is 0 Å². The molecule has 2 aliphatic rings. The molecule has 0 bridgehead atoms. The molecule has 2 heterocycles. The fraction of sp³-hybridized carbons (Fsp3) is 0.556. The molecule has 1 N–H and O–H groups in total. The van der Waals surface area contributed by atoms with Gasteiger partial charge in [-0.15, -0.1) is 0 Å². The summed E-state index contributed by atoms with van der Waals surface area (Å²) in [6, 6.07) is 4.41. The molecule has 1 unspecified atom stereocenters. The highest BCUT2D eigenvalue weighted by atomic mass is 19.3. The largest absolute Gasteiger partial charge is 0.493 e.